The second-order valence-corrected chi connectivity index (χ2v) is 5.32. The van der Waals surface area contributed by atoms with Crippen molar-refractivity contribution >= 4 is 22.6 Å². The molecule has 0 radical (unpaired) electrons. The van der Waals surface area contributed by atoms with Gasteiger partial charge in [-0.3, -0.25) is 9.89 Å². The van der Waals surface area contributed by atoms with Crippen LogP contribution in [-0.4, -0.2) is 21.3 Å². The third-order valence-corrected chi connectivity index (χ3v) is 4.17. The number of aliphatic carboxylic acids is 1. The minimum Gasteiger partial charge on any atom is -0.481 e. The molecular weight excluding hydrogens is 242 g/mol. The highest BCUT2D eigenvalue weighted by molar-refractivity contribution is 5.92. The summed E-state index contributed by atoms with van der Waals surface area (Å²) >= 11 is 0. The number of hydrogen-bond donors (Lipinski definition) is 3. The van der Waals surface area contributed by atoms with Crippen molar-refractivity contribution in [2.24, 2.45) is 0 Å². The predicted molar refractivity (Wildman–Crippen MR) is 72.9 cm³/mol. The average Bonchev–Trinajstić information content (AvgIpc) is 2.82. The summed E-state index contributed by atoms with van der Waals surface area (Å²) in [6.45, 7) is 0. The molecule has 0 unspecified atom stereocenters. The van der Waals surface area contributed by atoms with Crippen LogP contribution in [0.3, 0.4) is 0 Å². The summed E-state index contributed by atoms with van der Waals surface area (Å²) in [5, 5.41) is 17.7. The van der Waals surface area contributed by atoms with Crippen molar-refractivity contribution in [2.75, 3.05) is 5.73 Å². The Morgan fingerprint density at radius 1 is 1.32 bits per heavy atom. The van der Waals surface area contributed by atoms with Crippen molar-refractivity contribution in [3.8, 4) is 0 Å². The third kappa shape index (κ3) is 1.77. The number of fused-ring (bicyclic) bond motifs is 1. The lowest BCUT2D eigenvalue weighted by molar-refractivity contribution is -0.145. The van der Waals surface area contributed by atoms with Crippen molar-refractivity contribution in [1.29, 1.82) is 0 Å². The Labute approximate surface area is 110 Å². The number of carboxylic acids is 1. The van der Waals surface area contributed by atoms with Gasteiger partial charge in [-0.25, -0.2) is 0 Å². The number of H-pyrrole nitrogens is 1. The molecule has 5 heteroatoms. The van der Waals surface area contributed by atoms with Gasteiger partial charge in [-0.2, -0.15) is 5.10 Å². The number of nitrogens with zero attached hydrogens (tertiary/aromatic N) is 1. The number of hydrogen-bond acceptors (Lipinski definition) is 3. The van der Waals surface area contributed by atoms with Gasteiger partial charge in [-0.15, -0.1) is 0 Å². The molecule has 1 saturated carbocycles. The largest absolute Gasteiger partial charge is 0.481 e. The Kier molecular flexibility index (Phi) is 2.69. The van der Waals surface area contributed by atoms with E-state index >= 15 is 0 Å². The standard InChI is InChI=1S/C14H17N3O2/c15-9-4-5-11-10(8-9)12(17-16-11)14(13(18)19)6-2-1-3-7-14/h4-5,8H,1-3,6-7,15H2,(H,16,17)(H,18,19). The minimum absolute atomic E-state index is 0.631. The number of carboxylic acid groups (broad SMARTS) is 1. The summed E-state index contributed by atoms with van der Waals surface area (Å²) in [7, 11) is 0. The number of rotatable bonds is 2. The molecule has 1 aliphatic carbocycles. The molecule has 0 spiro atoms. The van der Waals surface area contributed by atoms with Crippen molar-refractivity contribution < 1.29 is 9.90 Å². The Balaban J connectivity index is 2.20. The van der Waals surface area contributed by atoms with Crippen molar-refractivity contribution in [3.63, 3.8) is 0 Å². The average molecular weight is 259 g/mol. The summed E-state index contributed by atoms with van der Waals surface area (Å²) in [5.41, 5.74) is 7.09. The van der Waals surface area contributed by atoms with Gasteiger partial charge in [-0.05, 0) is 31.0 Å². The van der Waals surface area contributed by atoms with Gasteiger partial charge in [-0.1, -0.05) is 19.3 Å². The number of aromatic nitrogens is 2. The van der Waals surface area contributed by atoms with E-state index in [-0.39, 0.29) is 0 Å². The SMILES string of the molecule is Nc1ccc2n[nH]c(C3(C(=O)O)CCCCC3)c2c1. The second kappa shape index (κ2) is 4.26. The van der Waals surface area contributed by atoms with Crippen LogP contribution >= 0.6 is 0 Å². The molecule has 3 rings (SSSR count). The third-order valence-electron chi connectivity index (χ3n) is 4.17. The van der Waals surface area contributed by atoms with Gasteiger partial charge in [0.15, 0.2) is 0 Å². The fourth-order valence-electron chi connectivity index (χ4n) is 3.12. The number of benzene rings is 1. The van der Waals surface area contributed by atoms with Crippen LogP contribution in [0.25, 0.3) is 10.9 Å². The van der Waals surface area contributed by atoms with Gasteiger partial charge < -0.3 is 10.8 Å². The Bertz CT molecular complexity index is 627. The molecule has 0 saturated heterocycles. The zero-order chi connectivity index (χ0) is 13.5. The first kappa shape index (κ1) is 12.0. The quantitative estimate of drug-likeness (QED) is 0.722. The molecule has 0 amide bonds. The lowest BCUT2D eigenvalue weighted by Gasteiger charge is -2.32. The van der Waals surface area contributed by atoms with E-state index < -0.39 is 11.4 Å². The summed E-state index contributed by atoms with van der Waals surface area (Å²) < 4.78 is 0. The van der Waals surface area contributed by atoms with E-state index in [0.717, 1.165) is 30.2 Å². The first-order chi connectivity index (χ1) is 9.13. The van der Waals surface area contributed by atoms with Crippen LogP contribution in [0.4, 0.5) is 5.69 Å². The topological polar surface area (TPSA) is 92.0 Å². The van der Waals surface area contributed by atoms with Crippen molar-refractivity contribution in [1.82, 2.24) is 10.2 Å². The van der Waals surface area contributed by atoms with Crippen LogP contribution in [0, 0.1) is 0 Å². The van der Waals surface area contributed by atoms with E-state index in [1.165, 1.54) is 0 Å². The molecule has 1 heterocycles. The van der Waals surface area contributed by atoms with E-state index in [1.807, 2.05) is 12.1 Å². The van der Waals surface area contributed by atoms with Crippen molar-refractivity contribution in [2.45, 2.75) is 37.5 Å². The van der Waals surface area contributed by atoms with Gasteiger partial charge in [0.1, 0.15) is 5.41 Å². The monoisotopic (exact) mass is 259 g/mol. The van der Waals surface area contributed by atoms with Crippen LogP contribution in [0.5, 0.6) is 0 Å². The van der Waals surface area contributed by atoms with Crippen LogP contribution < -0.4 is 5.73 Å². The number of aromatic amines is 1. The van der Waals surface area contributed by atoms with Crippen LogP contribution in [0.1, 0.15) is 37.8 Å². The highest BCUT2D eigenvalue weighted by Crippen LogP contribution is 2.41. The maximum absolute atomic E-state index is 11.8. The molecule has 0 bridgehead atoms. The first-order valence-corrected chi connectivity index (χ1v) is 6.61. The highest BCUT2D eigenvalue weighted by Gasteiger charge is 2.43. The van der Waals surface area contributed by atoms with Gasteiger partial charge >= 0.3 is 5.97 Å². The summed E-state index contributed by atoms with van der Waals surface area (Å²) in [4.78, 5) is 11.8. The molecule has 2 aromatic rings. The molecule has 1 aromatic carbocycles. The summed E-state index contributed by atoms with van der Waals surface area (Å²) in [6.07, 6.45) is 4.30. The maximum Gasteiger partial charge on any atom is 0.315 e. The Hall–Kier alpha value is -2.04. The van der Waals surface area contributed by atoms with Crippen molar-refractivity contribution in [3.05, 3.63) is 23.9 Å². The lowest BCUT2D eigenvalue weighted by atomic mass is 9.71. The van der Waals surface area contributed by atoms with Gasteiger partial charge in [0.25, 0.3) is 0 Å². The molecule has 0 aliphatic heterocycles. The first-order valence-electron chi connectivity index (χ1n) is 6.61. The zero-order valence-electron chi connectivity index (χ0n) is 10.6. The predicted octanol–water partition coefficient (Wildman–Crippen LogP) is 2.43. The van der Waals surface area contributed by atoms with Crippen LogP contribution in [-0.2, 0) is 10.2 Å². The molecule has 1 fully saturated rings. The molecule has 19 heavy (non-hydrogen) atoms. The van der Waals surface area contributed by atoms with Gasteiger partial charge in [0.05, 0.1) is 11.2 Å². The number of carbonyl (C=O) groups is 1. The van der Waals surface area contributed by atoms with Gasteiger partial charge in [0, 0.05) is 11.1 Å². The maximum atomic E-state index is 11.8. The number of anilines is 1. The summed E-state index contributed by atoms with van der Waals surface area (Å²) in [6, 6.07) is 5.41. The zero-order valence-corrected chi connectivity index (χ0v) is 10.6. The van der Waals surface area contributed by atoms with E-state index in [2.05, 4.69) is 10.2 Å². The minimum atomic E-state index is -0.833. The van der Waals surface area contributed by atoms with E-state index in [1.54, 1.807) is 6.07 Å². The smallest absolute Gasteiger partial charge is 0.315 e. The van der Waals surface area contributed by atoms with E-state index in [0.29, 0.717) is 24.2 Å². The van der Waals surface area contributed by atoms with E-state index in [4.69, 9.17) is 5.73 Å². The Morgan fingerprint density at radius 2 is 2.05 bits per heavy atom. The highest BCUT2D eigenvalue weighted by atomic mass is 16.4. The number of nitrogens with two attached hydrogens (primary N) is 1. The second-order valence-electron chi connectivity index (χ2n) is 5.32. The number of nitrogen functional groups attached to an aromatic ring is 1. The Morgan fingerprint density at radius 3 is 2.74 bits per heavy atom. The van der Waals surface area contributed by atoms with Crippen LogP contribution in [0.15, 0.2) is 18.2 Å². The molecule has 5 nitrogen and oxygen atoms in total. The van der Waals surface area contributed by atoms with Gasteiger partial charge in [0.2, 0.25) is 0 Å². The molecule has 4 N–H and O–H groups in total. The lowest BCUT2D eigenvalue weighted by Crippen LogP contribution is -2.38. The fraction of sp³-hybridized carbons (Fsp3) is 0.429. The normalized spacial score (nSPS) is 18.5. The molecule has 100 valence electrons. The fourth-order valence-corrected chi connectivity index (χ4v) is 3.12. The molecule has 0 atom stereocenters. The van der Waals surface area contributed by atoms with E-state index in [9.17, 15) is 9.90 Å². The molecule has 1 aliphatic rings. The van der Waals surface area contributed by atoms with Crippen LogP contribution in [0.2, 0.25) is 0 Å². The number of nitrogens with one attached hydrogen (secondary N) is 1. The molecule has 1 aromatic heterocycles. The summed E-state index contributed by atoms with van der Waals surface area (Å²) in [5.74, 6) is -0.764. The molecular formula is C14H17N3O2.